The smallest absolute Gasteiger partial charge is 0.147 e. The molecule has 2 N–H and O–H groups in total. The monoisotopic (exact) mass is 190 g/mol. The van der Waals surface area contributed by atoms with Gasteiger partial charge in [0.15, 0.2) is 0 Å². The number of nitrogen functional groups attached to an aromatic ring is 1. The maximum atomic E-state index is 5.51. The third-order valence-electron chi connectivity index (χ3n) is 3.36. The Morgan fingerprint density at radius 2 is 2.21 bits per heavy atom. The van der Waals surface area contributed by atoms with Gasteiger partial charge in [-0.1, -0.05) is 0 Å². The third kappa shape index (κ3) is 1.14. The van der Waals surface area contributed by atoms with E-state index in [9.17, 15) is 0 Å². The minimum Gasteiger partial charge on any atom is -0.382 e. The summed E-state index contributed by atoms with van der Waals surface area (Å²) < 4.78 is 0. The molecule has 3 rings (SSSR count). The molecule has 1 saturated carbocycles. The SMILES string of the molecule is Nc1cnc(N2CC3CCC2C3)cn1. The molecule has 74 valence electrons. The first kappa shape index (κ1) is 8.03. The summed E-state index contributed by atoms with van der Waals surface area (Å²) >= 11 is 0. The lowest BCUT2D eigenvalue weighted by Crippen LogP contribution is -2.32. The van der Waals surface area contributed by atoms with Gasteiger partial charge in [0.05, 0.1) is 12.4 Å². The third-order valence-corrected chi connectivity index (χ3v) is 3.36. The van der Waals surface area contributed by atoms with Crippen LogP contribution in [0.25, 0.3) is 0 Å². The Hall–Kier alpha value is -1.32. The Bertz CT molecular complexity index is 334. The van der Waals surface area contributed by atoms with E-state index < -0.39 is 0 Å². The van der Waals surface area contributed by atoms with Crippen molar-refractivity contribution in [1.82, 2.24) is 9.97 Å². The highest BCUT2D eigenvalue weighted by Crippen LogP contribution is 2.39. The number of fused-ring (bicyclic) bond motifs is 2. The van der Waals surface area contributed by atoms with E-state index in [1.165, 1.54) is 19.3 Å². The number of anilines is 2. The zero-order valence-corrected chi connectivity index (χ0v) is 8.06. The minimum absolute atomic E-state index is 0.498. The van der Waals surface area contributed by atoms with Crippen LogP contribution in [0.1, 0.15) is 19.3 Å². The Morgan fingerprint density at radius 3 is 2.79 bits per heavy atom. The zero-order valence-electron chi connectivity index (χ0n) is 8.06. The second kappa shape index (κ2) is 2.83. The first-order valence-corrected chi connectivity index (χ1v) is 5.17. The molecule has 0 amide bonds. The Kier molecular flexibility index (Phi) is 1.63. The maximum absolute atomic E-state index is 5.51. The van der Waals surface area contributed by atoms with Crippen molar-refractivity contribution >= 4 is 11.6 Å². The second-order valence-corrected chi connectivity index (χ2v) is 4.28. The van der Waals surface area contributed by atoms with Gasteiger partial charge in [-0.05, 0) is 25.2 Å². The predicted octanol–water partition coefficient (Wildman–Crippen LogP) is 1.05. The van der Waals surface area contributed by atoms with E-state index in [-0.39, 0.29) is 0 Å². The van der Waals surface area contributed by atoms with Crippen molar-refractivity contribution in [2.45, 2.75) is 25.3 Å². The lowest BCUT2D eigenvalue weighted by atomic mass is 10.1. The maximum Gasteiger partial charge on any atom is 0.147 e. The van der Waals surface area contributed by atoms with Crippen molar-refractivity contribution in [2.75, 3.05) is 17.2 Å². The van der Waals surface area contributed by atoms with E-state index in [2.05, 4.69) is 14.9 Å². The van der Waals surface area contributed by atoms with E-state index in [1.54, 1.807) is 12.4 Å². The van der Waals surface area contributed by atoms with Crippen molar-refractivity contribution in [3.8, 4) is 0 Å². The van der Waals surface area contributed by atoms with E-state index in [4.69, 9.17) is 5.73 Å². The Balaban J connectivity index is 1.86. The molecule has 2 atom stereocenters. The summed E-state index contributed by atoms with van der Waals surface area (Å²) in [5, 5.41) is 0. The highest BCUT2D eigenvalue weighted by Gasteiger charge is 2.38. The van der Waals surface area contributed by atoms with Gasteiger partial charge in [0.25, 0.3) is 0 Å². The number of nitrogens with zero attached hydrogens (tertiary/aromatic N) is 3. The van der Waals surface area contributed by atoms with E-state index >= 15 is 0 Å². The highest BCUT2D eigenvalue weighted by molar-refractivity contribution is 5.42. The number of hydrogen-bond donors (Lipinski definition) is 1. The van der Waals surface area contributed by atoms with E-state index in [0.717, 1.165) is 18.3 Å². The van der Waals surface area contributed by atoms with Crippen molar-refractivity contribution in [1.29, 1.82) is 0 Å². The van der Waals surface area contributed by atoms with Gasteiger partial charge < -0.3 is 10.6 Å². The van der Waals surface area contributed by atoms with Gasteiger partial charge in [0.1, 0.15) is 11.6 Å². The molecule has 1 aromatic heterocycles. The molecule has 4 nitrogen and oxygen atoms in total. The van der Waals surface area contributed by atoms with Gasteiger partial charge in [0, 0.05) is 12.6 Å². The largest absolute Gasteiger partial charge is 0.382 e. The van der Waals surface area contributed by atoms with Crippen LogP contribution < -0.4 is 10.6 Å². The van der Waals surface area contributed by atoms with Gasteiger partial charge in [-0.15, -0.1) is 0 Å². The average molecular weight is 190 g/mol. The molecule has 2 aliphatic rings. The molecule has 0 aromatic carbocycles. The van der Waals surface area contributed by atoms with Crippen molar-refractivity contribution in [3.05, 3.63) is 12.4 Å². The number of rotatable bonds is 1. The second-order valence-electron chi connectivity index (χ2n) is 4.28. The number of nitrogens with two attached hydrogens (primary N) is 1. The van der Waals surface area contributed by atoms with Crippen LogP contribution in [-0.2, 0) is 0 Å². The van der Waals surface area contributed by atoms with Crippen molar-refractivity contribution < 1.29 is 0 Å². The fourth-order valence-corrected chi connectivity index (χ4v) is 2.68. The molecule has 1 aliphatic carbocycles. The molecule has 2 bridgehead atoms. The molecule has 0 radical (unpaired) electrons. The standard InChI is InChI=1S/C10H14N4/c11-9-4-13-10(5-12-9)14-6-7-1-2-8(14)3-7/h4-5,7-8H,1-3,6H2,(H2,11,12). The molecule has 14 heavy (non-hydrogen) atoms. The van der Waals surface area contributed by atoms with E-state index in [1.807, 2.05) is 0 Å². The quantitative estimate of drug-likeness (QED) is 0.719. The van der Waals surface area contributed by atoms with Gasteiger partial charge in [0.2, 0.25) is 0 Å². The van der Waals surface area contributed by atoms with Crippen LogP contribution in [0.15, 0.2) is 12.4 Å². The number of hydrogen-bond acceptors (Lipinski definition) is 4. The molecule has 4 heteroatoms. The van der Waals surface area contributed by atoms with Crippen molar-refractivity contribution in [3.63, 3.8) is 0 Å². The molecular weight excluding hydrogens is 176 g/mol. The van der Waals surface area contributed by atoms with Gasteiger partial charge in [-0.3, -0.25) is 0 Å². The van der Waals surface area contributed by atoms with Gasteiger partial charge in [-0.2, -0.15) is 0 Å². The molecule has 1 aromatic rings. The summed E-state index contributed by atoms with van der Waals surface area (Å²) in [6.07, 6.45) is 7.48. The van der Waals surface area contributed by atoms with Gasteiger partial charge >= 0.3 is 0 Å². The zero-order chi connectivity index (χ0) is 9.54. The number of aromatic nitrogens is 2. The van der Waals surface area contributed by atoms with Crippen molar-refractivity contribution in [2.24, 2.45) is 5.92 Å². The lowest BCUT2D eigenvalue weighted by molar-refractivity contribution is 0.550. The molecular formula is C10H14N4. The first-order chi connectivity index (χ1) is 6.83. The fraction of sp³-hybridized carbons (Fsp3) is 0.600. The van der Waals surface area contributed by atoms with Crippen LogP contribution in [0.4, 0.5) is 11.6 Å². The Labute approximate surface area is 83.1 Å². The minimum atomic E-state index is 0.498. The molecule has 2 unspecified atom stereocenters. The Morgan fingerprint density at radius 1 is 1.29 bits per heavy atom. The normalized spacial score (nSPS) is 29.9. The fourth-order valence-electron chi connectivity index (χ4n) is 2.68. The summed E-state index contributed by atoms with van der Waals surface area (Å²) in [5.74, 6) is 2.38. The summed E-state index contributed by atoms with van der Waals surface area (Å²) in [4.78, 5) is 10.8. The summed E-state index contributed by atoms with van der Waals surface area (Å²) in [5.41, 5.74) is 5.51. The molecule has 2 fully saturated rings. The van der Waals surface area contributed by atoms with Crippen LogP contribution in [0.3, 0.4) is 0 Å². The first-order valence-electron chi connectivity index (χ1n) is 5.17. The molecule has 1 aliphatic heterocycles. The topological polar surface area (TPSA) is 55.0 Å². The summed E-state index contributed by atoms with van der Waals surface area (Å²) in [7, 11) is 0. The predicted molar refractivity (Wildman–Crippen MR) is 54.9 cm³/mol. The van der Waals surface area contributed by atoms with Gasteiger partial charge in [-0.25, -0.2) is 9.97 Å². The summed E-state index contributed by atoms with van der Waals surface area (Å²) in [6.45, 7) is 1.16. The van der Waals surface area contributed by atoms with Crippen LogP contribution in [-0.4, -0.2) is 22.6 Å². The lowest BCUT2D eigenvalue weighted by Gasteiger charge is -2.27. The molecule has 0 spiro atoms. The van der Waals surface area contributed by atoms with Crippen LogP contribution in [0.5, 0.6) is 0 Å². The van der Waals surface area contributed by atoms with Crippen LogP contribution >= 0.6 is 0 Å². The van der Waals surface area contributed by atoms with Crippen LogP contribution in [0, 0.1) is 5.92 Å². The molecule has 1 saturated heterocycles. The van der Waals surface area contributed by atoms with Crippen LogP contribution in [0.2, 0.25) is 0 Å². The number of piperidine rings is 1. The highest BCUT2D eigenvalue weighted by atomic mass is 15.2. The van der Waals surface area contributed by atoms with E-state index in [0.29, 0.717) is 11.9 Å². The summed E-state index contributed by atoms with van der Waals surface area (Å²) in [6, 6.07) is 0.706. The molecule has 2 heterocycles. The average Bonchev–Trinajstić information content (AvgIpc) is 2.80.